The molecule has 1 atom stereocenters. The highest BCUT2D eigenvalue weighted by Gasteiger charge is 2.36. The molecule has 0 saturated carbocycles. The Morgan fingerprint density at radius 1 is 1.32 bits per heavy atom. The zero-order valence-corrected chi connectivity index (χ0v) is 16.0. The van der Waals surface area contributed by atoms with Gasteiger partial charge < -0.3 is 14.5 Å². The van der Waals surface area contributed by atoms with E-state index in [1.54, 1.807) is 27.7 Å². The second-order valence-corrected chi connectivity index (χ2v) is 6.50. The van der Waals surface area contributed by atoms with Crippen LogP contribution in [-0.4, -0.2) is 12.6 Å². The van der Waals surface area contributed by atoms with Crippen molar-refractivity contribution in [2.45, 2.75) is 33.6 Å². The molecule has 0 radical (unpaired) electrons. The molecule has 0 fully saturated rings. The molecule has 1 unspecified atom stereocenters. The van der Waals surface area contributed by atoms with Gasteiger partial charge in [-0.1, -0.05) is 6.07 Å². The van der Waals surface area contributed by atoms with Gasteiger partial charge in [-0.2, -0.15) is 0 Å². The van der Waals surface area contributed by atoms with E-state index in [0.29, 0.717) is 22.7 Å². The molecule has 7 heteroatoms. The van der Waals surface area contributed by atoms with Crippen molar-refractivity contribution in [1.82, 2.24) is 5.32 Å². The first-order valence-electron chi connectivity index (χ1n) is 8.76. The van der Waals surface area contributed by atoms with Crippen LogP contribution in [0.25, 0.3) is 15.8 Å². The van der Waals surface area contributed by atoms with Gasteiger partial charge in [-0.05, 0) is 39.3 Å². The highest BCUT2D eigenvalue weighted by molar-refractivity contribution is 5.94. The Kier molecular flexibility index (Phi) is 5.06. The van der Waals surface area contributed by atoms with E-state index in [2.05, 4.69) is 10.2 Å². The Morgan fingerprint density at radius 2 is 2.04 bits per heavy atom. The maximum atomic E-state index is 14.4. The van der Waals surface area contributed by atoms with Crippen molar-refractivity contribution in [3.05, 3.63) is 79.6 Å². The molecule has 3 rings (SSSR count). The predicted molar refractivity (Wildman–Crippen MR) is 102 cm³/mol. The summed E-state index contributed by atoms with van der Waals surface area (Å²) in [7, 11) is 0. The first-order valence-corrected chi connectivity index (χ1v) is 8.76. The van der Waals surface area contributed by atoms with Gasteiger partial charge in [0, 0.05) is 17.5 Å². The smallest absolute Gasteiger partial charge is 0.335 e. The first-order chi connectivity index (χ1) is 13.3. The van der Waals surface area contributed by atoms with Gasteiger partial charge >= 0.3 is 5.97 Å². The molecule has 1 aromatic heterocycles. The number of aryl methyl sites for hydroxylation is 1. The molecule has 0 saturated heterocycles. The molecule has 2 heterocycles. The molecule has 0 aliphatic carbocycles. The van der Waals surface area contributed by atoms with E-state index in [-0.39, 0.29) is 28.8 Å². The fourth-order valence-electron chi connectivity index (χ4n) is 3.50. The average molecular weight is 382 g/mol. The summed E-state index contributed by atoms with van der Waals surface area (Å²) in [6, 6.07) is 3.81. The second-order valence-electron chi connectivity index (χ2n) is 6.50. The highest BCUT2D eigenvalue weighted by Crippen LogP contribution is 2.42. The Morgan fingerprint density at radius 3 is 2.68 bits per heavy atom. The third-order valence-corrected chi connectivity index (χ3v) is 4.63. The lowest BCUT2D eigenvalue weighted by Crippen LogP contribution is -2.28. The van der Waals surface area contributed by atoms with Crippen LogP contribution in [-0.2, 0) is 9.53 Å². The minimum Gasteiger partial charge on any atom is -0.463 e. The second kappa shape index (κ2) is 7.31. The van der Waals surface area contributed by atoms with Gasteiger partial charge in [0.2, 0.25) is 0 Å². The van der Waals surface area contributed by atoms with Gasteiger partial charge in [0.25, 0.3) is 0 Å². The van der Waals surface area contributed by atoms with E-state index in [1.807, 2.05) is 0 Å². The van der Waals surface area contributed by atoms with Crippen LogP contribution in [0.15, 0.2) is 50.1 Å². The number of carbonyl (C=O) groups excluding carboxylic acids is 1. The lowest BCUT2D eigenvalue weighted by atomic mass is 9.83. The normalized spacial score (nSPS) is 16.8. The van der Waals surface area contributed by atoms with Crippen LogP contribution < -0.4 is 10.7 Å². The fraction of sp³-hybridized carbons (Fsp3) is 0.286. The zero-order valence-electron chi connectivity index (χ0n) is 16.0. The lowest BCUT2D eigenvalue weighted by molar-refractivity contribution is -0.138. The molecule has 0 amide bonds. The molecule has 1 aliphatic heterocycles. The van der Waals surface area contributed by atoms with Crippen molar-refractivity contribution in [2.24, 2.45) is 0 Å². The molecule has 28 heavy (non-hydrogen) atoms. The minimum atomic E-state index is -0.842. The van der Waals surface area contributed by atoms with Crippen molar-refractivity contribution >= 4 is 16.9 Å². The van der Waals surface area contributed by atoms with Crippen LogP contribution in [0.5, 0.6) is 0 Å². The molecule has 6 nitrogen and oxygen atoms in total. The van der Waals surface area contributed by atoms with Crippen LogP contribution in [0.3, 0.4) is 0 Å². The van der Waals surface area contributed by atoms with E-state index >= 15 is 0 Å². The van der Waals surface area contributed by atoms with Gasteiger partial charge in [-0.15, -0.1) is 0 Å². The first kappa shape index (κ1) is 19.4. The number of allylic oxidation sites excluding steroid dienone is 3. The predicted octanol–water partition coefficient (Wildman–Crippen LogP) is 3.92. The minimum absolute atomic E-state index is 0.0282. The van der Waals surface area contributed by atoms with Crippen molar-refractivity contribution < 1.29 is 18.3 Å². The standard InChI is InChI=1S/C21H19FN2O4/c1-6-27-21(26)16-11(3)24-12(4)19(23-5)17(16)13-7-8-14(22)18-15(25)9-10(2)28-20(13)18/h7-9,17,24H,6H2,1-4H3. The maximum Gasteiger partial charge on any atom is 0.335 e. The van der Waals surface area contributed by atoms with Crippen LogP contribution >= 0.6 is 0 Å². The van der Waals surface area contributed by atoms with Crippen molar-refractivity contribution in [3.8, 4) is 0 Å². The van der Waals surface area contributed by atoms with Crippen LogP contribution in [0.4, 0.5) is 4.39 Å². The summed E-state index contributed by atoms with van der Waals surface area (Å²) in [5.74, 6) is -1.84. The van der Waals surface area contributed by atoms with Crippen LogP contribution in [0.1, 0.15) is 38.0 Å². The fourth-order valence-corrected chi connectivity index (χ4v) is 3.50. The molecule has 0 bridgehead atoms. The Labute approximate surface area is 161 Å². The number of ether oxygens (including phenoxy) is 1. The maximum absolute atomic E-state index is 14.4. The van der Waals surface area contributed by atoms with Crippen LogP contribution in [0.2, 0.25) is 0 Å². The number of esters is 1. The van der Waals surface area contributed by atoms with E-state index < -0.39 is 23.1 Å². The van der Waals surface area contributed by atoms with E-state index in [1.165, 1.54) is 12.1 Å². The van der Waals surface area contributed by atoms with Gasteiger partial charge in [0.05, 0.1) is 24.7 Å². The number of benzene rings is 1. The summed E-state index contributed by atoms with van der Waals surface area (Å²) in [5.41, 5.74) is 1.46. The van der Waals surface area contributed by atoms with Crippen molar-refractivity contribution in [1.29, 1.82) is 0 Å². The molecular formula is C21H19FN2O4. The number of nitrogens with zero attached hydrogens (tertiary/aromatic N) is 1. The molecule has 144 valence electrons. The molecular weight excluding hydrogens is 363 g/mol. The molecule has 2 aromatic rings. The van der Waals surface area contributed by atoms with E-state index in [0.717, 1.165) is 6.07 Å². The van der Waals surface area contributed by atoms with Crippen molar-refractivity contribution in [2.75, 3.05) is 6.61 Å². The zero-order chi connectivity index (χ0) is 20.6. The Hall–Kier alpha value is -3.40. The third-order valence-electron chi connectivity index (χ3n) is 4.63. The number of hydrogen-bond acceptors (Lipinski definition) is 5. The summed E-state index contributed by atoms with van der Waals surface area (Å²) < 4.78 is 25.3. The summed E-state index contributed by atoms with van der Waals surface area (Å²) in [5, 5.41) is 2.83. The quantitative estimate of drug-likeness (QED) is 0.644. The number of nitrogens with one attached hydrogen (secondary N) is 1. The number of fused-ring (bicyclic) bond motifs is 1. The molecule has 1 aliphatic rings. The molecule has 0 spiro atoms. The highest BCUT2D eigenvalue weighted by atomic mass is 19.1. The monoisotopic (exact) mass is 382 g/mol. The average Bonchev–Trinajstić information content (AvgIpc) is 2.61. The topological polar surface area (TPSA) is 72.9 Å². The number of carbonyl (C=O) groups is 1. The van der Waals surface area contributed by atoms with E-state index in [4.69, 9.17) is 15.7 Å². The number of dihydropyridines is 1. The van der Waals surface area contributed by atoms with Gasteiger partial charge in [-0.3, -0.25) is 4.79 Å². The Bertz CT molecular complexity index is 1150. The lowest BCUT2D eigenvalue weighted by Gasteiger charge is -2.28. The van der Waals surface area contributed by atoms with Crippen LogP contribution in [0, 0.1) is 19.3 Å². The summed E-state index contributed by atoms with van der Waals surface area (Å²) >= 11 is 0. The van der Waals surface area contributed by atoms with Gasteiger partial charge in [0.15, 0.2) is 11.1 Å². The summed E-state index contributed by atoms with van der Waals surface area (Å²) in [6.07, 6.45) is 0. The van der Waals surface area contributed by atoms with Gasteiger partial charge in [-0.25, -0.2) is 14.0 Å². The molecule has 1 N–H and O–H groups in total. The molecule has 1 aromatic carbocycles. The largest absolute Gasteiger partial charge is 0.463 e. The number of halogens is 1. The number of hydrogen-bond donors (Lipinski definition) is 1. The Balaban J connectivity index is 2.40. The van der Waals surface area contributed by atoms with E-state index in [9.17, 15) is 14.0 Å². The van der Waals surface area contributed by atoms with Crippen molar-refractivity contribution in [3.63, 3.8) is 0 Å². The number of rotatable bonds is 3. The summed E-state index contributed by atoms with van der Waals surface area (Å²) in [4.78, 5) is 28.6. The third kappa shape index (κ3) is 3.07. The van der Waals surface area contributed by atoms with Gasteiger partial charge in [0.1, 0.15) is 22.5 Å². The summed E-state index contributed by atoms with van der Waals surface area (Å²) in [6.45, 7) is 14.5. The SMILES string of the molecule is [C-]#[N+]C1=C(C)NC(C)=C(C(=O)OCC)C1c1ccc(F)c2c(=O)cc(C)oc12.